The number of aryl methyl sites for hydroxylation is 1. The smallest absolute Gasteiger partial charge is 0.228 e. The predicted molar refractivity (Wildman–Crippen MR) is 72.4 cm³/mol. The Kier molecular flexibility index (Phi) is 5.14. The van der Waals surface area contributed by atoms with Crippen molar-refractivity contribution in [2.75, 3.05) is 6.54 Å². The first kappa shape index (κ1) is 13.8. The zero-order valence-electron chi connectivity index (χ0n) is 11.4. The predicted octanol–water partition coefficient (Wildman–Crippen LogP) is 0.662. The van der Waals surface area contributed by atoms with Gasteiger partial charge in [-0.05, 0) is 19.8 Å². The Hall–Kier alpha value is -1.63. The van der Waals surface area contributed by atoms with E-state index in [-0.39, 0.29) is 0 Å². The average molecular weight is 266 g/mol. The molecule has 1 aliphatic rings. The molecule has 1 fully saturated rings. The number of guanidine groups is 1. The zero-order chi connectivity index (χ0) is 13.5. The SMILES string of the molecule is Cc1noc(CCN=C(NN)NC2CCCCC2)n1. The van der Waals surface area contributed by atoms with Crippen molar-refractivity contribution < 1.29 is 4.52 Å². The third kappa shape index (κ3) is 4.51. The lowest BCUT2D eigenvalue weighted by atomic mass is 9.96. The summed E-state index contributed by atoms with van der Waals surface area (Å²) in [5.74, 6) is 7.38. The third-order valence-electron chi connectivity index (χ3n) is 3.25. The Morgan fingerprint density at radius 2 is 2.21 bits per heavy atom. The Morgan fingerprint density at radius 1 is 1.42 bits per heavy atom. The summed E-state index contributed by atoms with van der Waals surface area (Å²) in [5.41, 5.74) is 2.61. The van der Waals surface area contributed by atoms with Crippen LogP contribution in [0.25, 0.3) is 0 Å². The molecule has 0 saturated heterocycles. The van der Waals surface area contributed by atoms with Gasteiger partial charge < -0.3 is 9.84 Å². The van der Waals surface area contributed by atoms with Crippen molar-refractivity contribution in [2.45, 2.75) is 51.5 Å². The van der Waals surface area contributed by atoms with Crippen LogP contribution in [-0.2, 0) is 6.42 Å². The zero-order valence-corrected chi connectivity index (χ0v) is 11.4. The summed E-state index contributed by atoms with van der Waals surface area (Å²) in [7, 11) is 0. The quantitative estimate of drug-likeness (QED) is 0.320. The largest absolute Gasteiger partial charge is 0.353 e. The fourth-order valence-corrected chi connectivity index (χ4v) is 2.28. The van der Waals surface area contributed by atoms with E-state index in [1.165, 1.54) is 32.1 Å². The highest BCUT2D eigenvalue weighted by Gasteiger charge is 2.14. The lowest BCUT2D eigenvalue weighted by Gasteiger charge is -2.24. The van der Waals surface area contributed by atoms with Crippen LogP contribution < -0.4 is 16.6 Å². The first-order chi connectivity index (χ1) is 9.28. The molecular weight excluding hydrogens is 244 g/mol. The van der Waals surface area contributed by atoms with E-state index in [4.69, 9.17) is 10.4 Å². The highest BCUT2D eigenvalue weighted by atomic mass is 16.5. The maximum Gasteiger partial charge on any atom is 0.228 e. The highest BCUT2D eigenvalue weighted by Crippen LogP contribution is 2.17. The second kappa shape index (κ2) is 7.08. The molecule has 1 heterocycles. The number of aromatic nitrogens is 2. The van der Waals surface area contributed by atoms with E-state index in [0.717, 1.165) is 0 Å². The van der Waals surface area contributed by atoms with Crippen LogP contribution in [0.1, 0.15) is 43.8 Å². The molecule has 0 aliphatic heterocycles. The molecule has 106 valence electrons. The van der Waals surface area contributed by atoms with Gasteiger partial charge >= 0.3 is 0 Å². The number of nitrogens with zero attached hydrogens (tertiary/aromatic N) is 3. The Bertz CT molecular complexity index is 410. The van der Waals surface area contributed by atoms with Crippen LogP contribution in [0.2, 0.25) is 0 Å². The van der Waals surface area contributed by atoms with Crippen LogP contribution in [-0.4, -0.2) is 28.7 Å². The third-order valence-corrected chi connectivity index (χ3v) is 3.25. The van der Waals surface area contributed by atoms with Crippen molar-refractivity contribution in [3.05, 3.63) is 11.7 Å². The molecule has 2 rings (SSSR count). The van der Waals surface area contributed by atoms with Gasteiger partial charge in [0.1, 0.15) is 0 Å². The lowest BCUT2D eigenvalue weighted by molar-refractivity contribution is 0.376. The molecule has 7 nitrogen and oxygen atoms in total. The molecule has 1 aliphatic carbocycles. The van der Waals surface area contributed by atoms with Gasteiger partial charge in [-0.3, -0.25) is 10.4 Å². The van der Waals surface area contributed by atoms with E-state index in [2.05, 4.69) is 25.9 Å². The summed E-state index contributed by atoms with van der Waals surface area (Å²) in [5, 5.41) is 7.08. The molecule has 0 amide bonds. The Labute approximate surface area is 113 Å². The van der Waals surface area contributed by atoms with E-state index in [9.17, 15) is 0 Å². The van der Waals surface area contributed by atoms with Gasteiger partial charge in [-0.25, -0.2) is 5.84 Å². The average Bonchev–Trinajstić information content (AvgIpc) is 2.84. The number of hydrogen-bond acceptors (Lipinski definition) is 5. The van der Waals surface area contributed by atoms with Crippen LogP contribution >= 0.6 is 0 Å². The fourth-order valence-electron chi connectivity index (χ4n) is 2.28. The second-order valence-corrected chi connectivity index (χ2v) is 4.84. The first-order valence-corrected chi connectivity index (χ1v) is 6.84. The first-order valence-electron chi connectivity index (χ1n) is 6.84. The molecule has 7 heteroatoms. The summed E-state index contributed by atoms with van der Waals surface area (Å²) in [6, 6.07) is 0.481. The summed E-state index contributed by atoms with van der Waals surface area (Å²) < 4.78 is 5.03. The van der Waals surface area contributed by atoms with Gasteiger partial charge in [-0.2, -0.15) is 4.98 Å². The number of hydrogen-bond donors (Lipinski definition) is 3. The number of rotatable bonds is 4. The van der Waals surface area contributed by atoms with Gasteiger partial charge in [0, 0.05) is 12.5 Å². The molecule has 0 spiro atoms. The van der Waals surface area contributed by atoms with E-state index < -0.39 is 0 Å². The summed E-state index contributed by atoms with van der Waals surface area (Å²) in [6.07, 6.45) is 6.87. The highest BCUT2D eigenvalue weighted by molar-refractivity contribution is 5.79. The molecule has 0 aromatic carbocycles. The van der Waals surface area contributed by atoms with E-state index in [1.54, 1.807) is 6.92 Å². The maximum absolute atomic E-state index is 5.48. The van der Waals surface area contributed by atoms with E-state index in [1.807, 2.05) is 0 Å². The molecule has 4 N–H and O–H groups in total. The Morgan fingerprint density at radius 3 is 2.84 bits per heavy atom. The summed E-state index contributed by atoms with van der Waals surface area (Å²) in [6.45, 7) is 2.37. The minimum Gasteiger partial charge on any atom is -0.353 e. The topological polar surface area (TPSA) is 101 Å². The van der Waals surface area contributed by atoms with Gasteiger partial charge in [0.15, 0.2) is 5.82 Å². The molecule has 1 aromatic heterocycles. The summed E-state index contributed by atoms with van der Waals surface area (Å²) >= 11 is 0. The summed E-state index contributed by atoms with van der Waals surface area (Å²) in [4.78, 5) is 8.51. The van der Waals surface area contributed by atoms with Gasteiger partial charge in [0.2, 0.25) is 11.9 Å². The standard InChI is InChI=1S/C12H22N6O/c1-9-15-11(19-18-9)7-8-14-12(17-13)16-10-5-3-2-4-6-10/h10H,2-8,13H2,1H3,(H2,14,16,17). The van der Waals surface area contributed by atoms with E-state index >= 15 is 0 Å². The maximum atomic E-state index is 5.48. The molecule has 1 aromatic rings. The number of hydrazine groups is 1. The molecule has 1 saturated carbocycles. The monoisotopic (exact) mass is 266 g/mol. The van der Waals surface area contributed by atoms with Crippen LogP contribution in [0, 0.1) is 6.92 Å². The van der Waals surface area contributed by atoms with Crippen molar-refractivity contribution in [1.29, 1.82) is 0 Å². The minimum atomic E-state index is 0.481. The molecular formula is C12H22N6O. The number of nitrogens with two attached hydrogens (primary N) is 1. The van der Waals surface area contributed by atoms with Gasteiger partial charge in [0.05, 0.1) is 6.54 Å². The van der Waals surface area contributed by atoms with Crippen molar-refractivity contribution in [1.82, 2.24) is 20.9 Å². The minimum absolute atomic E-state index is 0.481. The van der Waals surface area contributed by atoms with Crippen LogP contribution in [0.4, 0.5) is 0 Å². The van der Waals surface area contributed by atoms with Crippen molar-refractivity contribution >= 4 is 5.96 Å². The van der Waals surface area contributed by atoms with Gasteiger partial charge in [-0.15, -0.1) is 0 Å². The van der Waals surface area contributed by atoms with Crippen molar-refractivity contribution in [3.63, 3.8) is 0 Å². The molecule has 0 radical (unpaired) electrons. The number of nitrogens with one attached hydrogen (secondary N) is 2. The van der Waals surface area contributed by atoms with Crippen molar-refractivity contribution in [3.8, 4) is 0 Å². The normalized spacial score (nSPS) is 17.5. The van der Waals surface area contributed by atoms with Gasteiger partial charge in [0.25, 0.3) is 0 Å². The van der Waals surface area contributed by atoms with Crippen molar-refractivity contribution in [2.24, 2.45) is 10.8 Å². The van der Waals surface area contributed by atoms with E-state index in [0.29, 0.717) is 36.7 Å². The second-order valence-electron chi connectivity index (χ2n) is 4.84. The van der Waals surface area contributed by atoms with Gasteiger partial charge in [-0.1, -0.05) is 24.4 Å². The molecule has 0 atom stereocenters. The Balaban J connectivity index is 1.77. The molecule has 19 heavy (non-hydrogen) atoms. The molecule has 0 bridgehead atoms. The number of aliphatic imine (C=N–C) groups is 1. The van der Waals surface area contributed by atoms with Crippen LogP contribution in [0.15, 0.2) is 9.52 Å². The van der Waals surface area contributed by atoms with Crippen LogP contribution in [0.3, 0.4) is 0 Å². The fraction of sp³-hybridized carbons (Fsp3) is 0.750. The lowest BCUT2D eigenvalue weighted by Crippen LogP contribution is -2.47. The van der Waals surface area contributed by atoms with Crippen LogP contribution in [0.5, 0.6) is 0 Å². The molecule has 0 unspecified atom stereocenters.